The van der Waals surface area contributed by atoms with Crippen LogP contribution in [0.4, 0.5) is 5.69 Å². The molecule has 1 aliphatic heterocycles. The largest absolute Gasteiger partial charge is 0.337 e. The SMILES string of the molecule is CC1CCC(N(C(=O)CC2Sc3ccccc3NC2=O)C2CC2)CC1. The summed E-state index contributed by atoms with van der Waals surface area (Å²) < 4.78 is 0. The lowest BCUT2D eigenvalue weighted by atomic mass is 9.86. The van der Waals surface area contributed by atoms with E-state index in [1.165, 1.54) is 24.6 Å². The molecule has 0 radical (unpaired) electrons. The Balaban J connectivity index is 1.44. The van der Waals surface area contributed by atoms with Gasteiger partial charge in [0.25, 0.3) is 0 Å². The number of fused-ring (bicyclic) bond motifs is 1. The summed E-state index contributed by atoms with van der Waals surface area (Å²) in [5, 5.41) is 2.64. The predicted molar refractivity (Wildman–Crippen MR) is 101 cm³/mol. The molecule has 0 spiro atoms. The van der Waals surface area contributed by atoms with Crippen LogP contribution in [0.5, 0.6) is 0 Å². The monoisotopic (exact) mass is 358 g/mol. The quantitative estimate of drug-likeness (QED) is 0.883. The van der Waals surface area contributed by atoms with Crippen molar-refractivity contribution in [2.24, 2.45) is 5.92 Å². The van der Waals surface area contributed by atoms with E-state index in [0.29, 0.717) is 18.5 Å². The number of carbonyl (C=O) groups is 2. The van der Waals surface area contributed by atoms with E-state index in [1.54, 1.807) is 0 Å². The van der Waals surface area contributed by atoms with Gasteiger partial charge in [-0.3, -0.25) is 9.59 Å². The van der Waals surface area contributed by atoms with Crippen LogP contribution in [0.25, 0.3) is 0 Å². The van der Waals surface area contributed by atoms with E-state index in [4.69, 9.17) is 0 Å². The van der Waals surface area contributed by atoms with Crippen LogP contribution < -0.4 is 5.32 Å². The Morgan fingerprint density at radius 1 is 1.12 bits per heavy atom. The molecule has 1 aromatic rings. The van der Waals surface area contributed by atoms with Gasteiger partial charge in [0, 0.05) is 23.4 Å². The standard InChI is InChI=1S/C20H26N2O2S/c1-13-6-8-14(9-7-13)22(15-10-11-15)19(23)12-18-20(24)21-16-4-2-3-5-17(16)25-18/h2-5,13-15,18H,6-12H2,1H3,(H,21,24). The van der Waals surface area contributed by atoms with Gasteiger partial charge in [0.15, 0.2) is 0 Å². The van der Waals surface area contributed by atoms with Gasteiger partial charge >= 0.3 is 0 Å². The van der Waals surface area contributed by atoms with Crippen molar-refractivity contribution in [1.29, 1.82) is 0 Å². The first-order chi connectivity index (χ1) is 12.1. The highest BCUT2D eigenvalue weighted by molar-refractivity contribution is 8.01. The summed E-state index contributed by atoms with van der Waals surface area (Å²) in [7, 11) is 0. The van der Waals surface area contributed by atoms with Crippen LogP contribution in [0.3, 0.4) is 0 Å². The molecule has 0 aromatic heterocycles. The zero-order valence-electron chi connectivity index (χ0n) is 14.7. The lowest BCUT2D eigenvalue weighted by Crippen LogP contribution is -2.45. The molecule has 3 aliphatic rings. The lowest BCUT2D eigenvalue weighted by Gasteiger charge is -2.37. The van der Waals surface area contributed by atoms with E-state index >= 15 is 0 Å². The smallest absolute Gasteiger partial charge is 0.238 e. The van der Waals surface area contributed by atoms with Gasteiger partial charge in [0.1, 0.15) is 0 Å². The van der Waals surface area contributed by atoms with Crippen molar-refractivity contribution < 1.29 is 9.59 Å². The van der Waals surface area contributed by atoms with Crippen molar-refractivity contribution in [3.8, 4) is 0 Å². The Bertz CT molecular complexity index is 665. The average molecular weight is 359 g/mol. The predicted octanol–water partition coefficient (Wildman–Crippen LogP) is 4.06. The molecule has 1 N–H and O–H groups in total. The minimum atomic E-state index is -0.314. The van der Waals surface area contributed by atoms with Crippen LogP contribution in [0.2, 0.25) is 0 Å². The second-order valence-corrected chi connectivity index (χ2v) is 8.99. The number of anilines is 1. The van der Waals surface area contributed by atoms with Crippen LogP contribution >= 0.6 is 11.8 Å². The minimum Gasteiger partial charge on any atom is -0.337 e. The number of benzene rings is 1. The van der Waals surface area contributed by atoms with Gasteiger partial charge in [-0.05, 0) is 56.6 Å². The topological polar surface area (TPSA) is 49.4 Å². The first kappa shape index (κ1) is 17.0. The Hall–Kier alpha value is -1.49. The molecule has 25 heavy (non-hydrogen) atoms. The number of para-hydroxylation sites is 1. The lowest BCUT2D eigenvalue weighted by molar-refractivity contribution is -0.136. The number of amides is 2. The summed E-state index contributed by atoms with van der Waals surface area (Å²) in [6.07, 6.45) is 7.25. The fourth-order valence-electron chi connectivity index (χ4n) is 4.07. The Morgan fingerprint density at radius 3 is 2.44 bits per heavy atom. The maximum absolute atomic E-state index is 13.1. The van der Waals surface area contributed by atoms with E-state index in [9.17, 15) is 9.59 Å². The molecular formula is C20H26N2O2S. The number of thioether (sulfide) groups is 1. The number of hydrogen-bond acceptors (Lipinski definition) is 3. The molecule has 1 atom stereocenters. The molecule has 134 valence electrons. The number of nitrogens with zero attached hydrogens (tertiary/aromatic N) is 1. The van der Waals surface area contributed by atoms with Crippen molar-refractivity contribution >= 4 is 29.3 Å². The number of carbonyl (C=O) groups excluding carboxylic acids is 2. The molecule has 0 saturated heterocycles. The van der Waals surface area contributed by atoms with E-state index in [0.717, 1.165) is 42.2 Å². The fourth-order valence-corrected chi connectivity index (χ4v) is 5.17. The van der Waals surface area contributed by atoms with Gasteiger partial charge in [0.2, 0.25) is 11.8 Å². The Morgan fingerprint density at radius 2 is 1.76 bits per heavy atom. The van der Waals surface area contributed by atoms with Crippen LogP contribution in [0, 0.1) is 5.92 Å². The summed E-state index contributed by atoms with van der Waals surface area (Å²) >= 11 is 1.53. The van der Waals surface area contributed by atoms with Gasteiger partial charge in [0.05, 0.1) is 10.9 Å². The molecule has 1 heterocycles. The number of rotatable bonds is 4. The molecule has 5 heteroatoms. The van der Waals surface area contributed by atoms with Crippen molar-refractivity contribution in [3.63, 3.8) is 0 Å². The van der Waals surface area contributed by atoms with Crippen LogP contribution in [-0.2, 0) is 9.59 Å². The van der Waals surface area contributed by atoms with E-state index in [-0.39, 0.29) is 17.1 Å². The van der Waals surface area contributed by atoms with Crippen molar-refractivity contribution in [2.75, 3.05) is 5.32 Å². The van der Waals surface area contributed by atoms with Crippen LogP contribution in [0.1, 0.15) is 51.9 Å². The third-order valence-corrected chi connectivity index (χ3v) is 6.95. The Kier molecular flexibility index (Phi) is 4.76. The van der Waals surface area contributed by atoms with Crippen LogP contribution in [-0.4, -0.2) is 34.0 Å². The third kappa shape index (κ3) is 3.71. The molecule has 0 bridgehead atoms. The second-order valence-electron chi connectivity index (χ2n) is 7.74. The van der Waals surface area contributed by atoms with E-state index in [1.807, 2.05) is 24.3 Å². The highest BCUT2D eigenvalue weighted by atomic mass is 32.2. The zero-order chi connectivity index (χ0) is 17.4. The number of hydrogen-bond donors (Lipinski definition) is 1. The van der Waals surface area contributed by atoms with Gasteiger partial charge < -0.3 is 10.2 Å². The normalized spacial score (nSPS) is 28.8. The summed E-state index contributed by atoms with van der Waals surface area (Å²) in [4.78, 5) is 28.7. The van der Waals surface area contributed by atoms with E-state index in [2.05, 4.69) is 17.1 Å². The summed E-state index contributed by atoms with van der Waals surface area (Å²) in [5.41, 5.74) is 0.863. The number of nitrogens with one attached hydrogen (secondary N) is 1. The zero-order valence-corrected chi connectivity index (χ0v) is 15.6. The molecule has 4 rings (SSSR count). The maximum Gasteiger partial charge on any atom is 0.238 e. The molecule has 4 nitrogen and oxygen atoms in total. The molecule has 1 aromatic carbocycles. The van der Waals surface area contributed by atoms with E-state index < -0.39 is 0 Å². The van der Waals surface area contributed by atoms with Crippen molar-refractivity contribution in [1.82, 2.24) is 4.90 Å². The van der Waals surface area contributed by atoms with Crippen LogP contribution in [0.15, 0.2) is 29.2 Å². The first-order valence-corrected chi connectivity index (χ1v) is 10.4. The molecule has 1 unspecified atom stereocenters. The second kappa shape index (κ2) is 7.02. The molecule has 2 aliphatic carbocycles. The molecule has 2 fully saturated rings. The highest BCUT2D eigenvalue weighted by Crippen LogP contribution is 2.39. The molecular weight excluding hydrogens is 332 g/mol. The summed E-state index contributed by atoms with van der Waals surface area (Å²) in [6, 6.07) is 8.64. The third-order valence-electron chi connectivity index (χ3n) is 5.67. The Labute approximate surface area is 153 Å². The van der Waals surface area contributed by atoms with Gasteiger partial charge in [-0.25, -0.2) is 0 Å². The van der Waals surface area contributed by atoms with Crippen molar-refractivity contribution in [2.45, 2.75) is 74.1 Å². The highest BCUT2D eigenvalue weighted by Gasteiger charge is 2.40. The van der Waals surface area contributed by atoms with Gasteiger partial charge in [-0.2, -0.15) is 0 Å². The minimum absolute atomic E-state index is 0.0370. The fraction of sp³-hybridized carbons (Fsp3) is 0.600. The molecule has 2 amide bonds. The summed E-state index contributed by atoms with van der Waals surface area (Å²) in [6.45, 7) is 2.31. The molecule has 2 saturated carbocycles. The van der Waals surface area contributed by atoms with Gasteiger partial charge in [-0.15, -0.1) is 11.8 Å². The average Bonchev–Trinajstić information content (AvgIpc) is 3.42. The first-order valence-electron chi connectivity index (χ1n) is 9.49. The van der Waals surface area contributed by atoms with Crippen molar-refractivity contribution in [3.05, 3.63) is 24.3 Å². The summed E-state index contributed by atoms with van der Waals surface area (Å²) in [5.74, 6) is 0.919. The van der Waals surface area contributed by atoms with Gasteiger partial charge in [-0.1, -0.05) is 19.1 Å². The maximum atomic E-state index is 13.1.